The average molecular weight is 447 g/mol. The predicted molar refractivity (Wildman–Crippen MR) is 116 cm³/mol. The summed E-state index contributed by atoms with van der Waals surface area (Å²) in [7, 11) is 0. The average Bonchev–Trinajstić information content (AvgIpc) is 2.74. The molecule has 8 heteroatoms. The normalized spacial score (nSPS) is 12.9. The highest BCUT2D eigenvalue weighted by Crippen LogP contribution is 2.13. The lowest BCUT2D eigenvalue weighted by molar-refractivity contribution is -0.173. The Hall–Kier alpha value is -1.67. The number of carboxylic acid groups (broad SMARTS) is 1. The van der Waals surface area contributed by atoms with Crippen LogP contribution in [0.5, 0.6) is 0 Å². The predicted octanol–water partition coefficient (Wildman–Crippen LogP) is 3.75. The third-order valence-electron chi connectivity index (χ3n) is 5.01. The van der Waals surface area contributed by atoms with E-state index in [0.29, 0.717) is 6.42 Å². The van der Waals surface area contributed by atoms with E-state index in [1.165, 1.54) is 57.8 Å². The first-order valence-electron chi connectivity index (χ1n) is 11.8. The van der Waals surface area contributed by atoms with Crippen LogP contribution >= 0.6 is 0 Å². The molecule has 182 valence electrons. The molecule has 2 atom stereocenters. The van der Waals surface area contributed by atoms with Gasteiger partial charge in [0.05, 0.1) is 13.0 Å². The van der Waals surface area contributed by atoms with Crippen molar-refractivity contribution in [2.45, 2.75) is 115 Å². The first-order chi connectivity index (χ1) is 14.9. The summed E-state index contributed by atoms with van der Waals surface area (Å²) in [5.74, 6) is -3.00. The van der Waals surface area contributed by atoms with Crippen LogP contribution in [0, 0.1) is 0 Å². The van der Waals surface area contributed by atoms with Crippen LogP contribution in [-0.4, -0.2) is 58.6 Å². The van der Waals surface area contributed by atoms with Crippen molar-refractivity contribution in [2.24, 2.45) is 0 Å². The summed E-state index contributed by atoms with van der Waals surface area (Å²) in [6.07, 6.45) is 11.9. The summed E-state index contributed by atoms with van der Waals surface area (Å²) in [6.45, 7) is 1.13. The Kier molecular flexibility index (Phi) is 19.2. The zero-order chi connectivity index (χ0) is 23.3. The lowest BCUT2D eigenvalue weighted by Crippen LogP contribution is -2.33. The molecule has 0 spiro atoms. The largest absolute Gasteiger partial charge is 0.481 e. The first kappa shape index (κ1) is 29.3. The van der Waals surface area contributed by atoms with Crippen LogP contribution in [0.3, 0.4) is 0 Å². The maximum atomic E-state index is 11.9. The highest BCUT2D eigenvalue weighted by molar-refractivity contribution is 5.83. The molecule has 0 aromatic carbocycles. The van der Waals surface area contributed by atoms with Crippen molar-refractivity contribution in [1.29, 1.82) is 0 Å². The molecule has 8 nitrogen and oxygen atoms in total. The smallest absolute Gasteiger partial charge is 0.348 e. The fourth-order valence-electron chi connectivity index (χ4n) is 3.16. The highest BCUT2D eigenvalue weighted by atomic mass is 16.6. The molecule has 0 aliphatic heterocycles. The summed E-state index contributed by atoms with van der Waals surface area (Å²) in [5.41, 5.74) is 0. The number of aliphatic hydroxyl groups excluding tert-OH is 2. The monoisotopic (exact) mass is 446 g/mol. The number of rotatable bonds is 21. The molecule has 0 fully saturated rings. The van der Waals surface area contributed by atoms with E-state index in [-0.39, 0.29) is 6.42 Å². The maximum absolute atomic E-state index is 11.9. The van der Waals surface area contributed by atoms with E-state index in [2.05, 4.69) is 6.92 Å². The quantitative estimate of drug-likeness (QED) is 0.179. The zero-order valence-corrected chi connectivity index (χ0v) is 19.1. The molecule has 0 aliphatic carbocycles. The number of hydrogen-bond acceptors (Lipinski definition) is 7. The van der Waals surface area contributed by atoms with Crippen molar-refractivity contribution >= 4 is 17.9 Å². The Labute approximate surface area is 186 Å². The van der Waals surface area contributed by atoms with Crippen molar-refractivity contribution in [3.8, 4) is 0 Å². The first-order valence-corrected chi connectivity index (χ1v) is 11.8. The van der Waals surface area contributed by atoms with Crippen molar-refractivity contribution in [2.75, 3.05) is 13.2 Å². The Morgan fingerprint density at radius 2 is 1.29 bits per heavy atom. The van der Waals surface area contributed by atoms with Gasteiger partial charge in [0, 0.05) is 6.42 Å². The standard InChI is InChI=1S/C23H42O8/c1-2-3-4-5-6-7-8-9-10-11-12-13-14-15-22(28)31-20(16-21(26)27)23(29)30-18-19(25)17-24/h19-20,24-25H,2-18H2,1H3,(H,26,27). The van der Waals surface area contributed by atoms with Gasteiger partial charge in [0.2, 0.25) is 6.10 Å². The minimum atomic E-state index is -1.56. The number of hydrogen-bond donors (Lipinski definition) is 3. The number of ether oxygens (including phenoxy) is 2. The molecule has 2 unspecified atom stereocenters. The second-order valence-corrected chi connectivity index (χ2v) is 8.04. The van der Waals surface area contributed by atoms with Crippen molar-refractivity contribution < 1.29 is 39.2 Å². The van der Waals surface area contributed by atoms with E-state index in [0.717, 1.165) is 19.3 Å². The van der Waals surface area contributed by atoms with Crippen molar-refractivity contribution in [3.05, 3.63) is 0 Å². The molecular formula is C23H42O8. The van der Waals surface area contributed by atoms with Crippen molar-refractivity contribution in [1.82, 2.24) is 0 Å². The number of aliphatic hydroxyl groups is 2. The summed E-state index contributed by atoms with van der Waals surface area (Å²) < 4.78 is 9.65. The molecule has 0 heterocycles. The van der Waals surface area contributed by atoms with Gasteiger partial charge in [0.25, 0.3) is 0 Å². The highest BCUT2D eigenvalue weighted by Gasteiger charge is 2.27. The van der Waals surface area contributed by atoms with E-state index in [1.54, 1.807) is 0 Å². The number of carboxylic acids is 1. The molecule has 0 rings (SSSR count). The zero-order valence-electron chi connectivity index (χ0n) is 19.1. The fourth-order valence-corrected chi connectivity index (χ4v) is 3.16. The number of carbonyl (C=O) groups is 3. The van der Waals surface area contributed by atoms with Gasteiger partial charge in [-0.25, -0.2) is 4.79 Å². The van der Waals surface area contributed by atoms with Crippen LogP contribution in [0.15, 0.2) is 0 Å². The van der Waals surface area contributed by atoms with E-state index in [9.17, 15) is 19.5 Å². The van der Waals surface area contributed by atoms with Gasteiger partial charge in [-0.1, -0.05) is 84.0 Å². The summed E-state index contributed by atoms with van der Waals surface area (Å²) in [6, 6.07) is 0. The topological polar surface area (TPSA) is 130 Å². The number of aliphatic carboxylic acids is 1. The minimum Gasteiger partial charge on any atom is -0.481 e. The van der Waals surface area contributed by atoms with Crippen molar-refractivity contribution in [3.63, 3.8) is 0 Å². The van der Waals surface area contributed by atoms with Gasteiger partial charge >= 0.3 is 17.9 Å². The van der Waals surface area contributed by atoms with E-state index in [4.69, 9.17) is 19.7 Å². The van der Waals surface area contributed by atoms with Crippen LogP contribution in [0.2, 0.25) is 0 Å². The van der Waals surface area contributed by atoms with E-state index < -0.39 is 49.8 Å². The summed E-state index contributed by atoms with van der Waals surface area (Å²) in [4.78, 5) is 34.7. The van der Waals surface area contributed by atoms with Crippen LogP contribution in [0.4, 0.5) is 0 Å². The molecule has 3 N–H and O–H groups in total. The molecule has 0 saturated carbocycles. The van der Waals surface area contributed by atoms with Gasteiger partial charge in [0.15, 0.2) is 0 Å². The molecular weight excluding hydrogens is 404 g/mol. The second-order valence-electron chi connectivity index (χ2n) is 8.04. The molecule has 0 radical (unpaired) electrons. The third-order valence-corrected chi connectivity index (χ3v) is 5.01. The van der Waals surface area contributed by atoms with Gasteiger partial charge in [-0.05, 0) is 6.42 Å². The van der Waals surface area contributed by atoms with Gasteiger partial charge in [-0.3, -0.25) is 9.59 Å². The third kappa shape index (κ3) is 18.8. The number of esters is 2. The maximum Gasteiger partial charge on any atom is 0.348 e. The summed E-state index contributed by atoms with van der Waals surface area (Å²) in [5, 5.41) is 26.8. The lowest BCUT2D eigenvalue weighted by atomic mass is 10.0. The van der Waals surface area contributed by atoms with Gasteiger partial charge in [0.1, 0.15) is 12.7 Å². The Balaban J connectivity index is 3.83. The number of unbranched alkanes of at least 4 members (excludes halogenated alkanes) is 12. The molecule has 0 aromatic heterocycles. The van der Waals surface area contributed by atoms with Crippen LogP contribution in [0.25, 0.3) is 0 Å². The lowest BCUT2D eigenvalue weighted by Gasteiger charge is -2.16. The van der Waals surface area contributed by atoms with E-state index >= 15 is 0 Å². The molecule has 0 amide bonds. The van der Waals surface area contributed by atoms with Crippen LogP contribution in [-0.2, 0) is 23.9 Å². The fraction of sp³-hybridized carbons (Fsp3) is 0.870. The molecule has 0 aromatic rings. The van der Waals surface area contributed by atoms with E-state index in [1.807, 2.05) is 0 Å². The van der Waals surface area contributed by atoms with Crippen LogP contribution < -0.4 is 0 Å². The summed E-state index contributed by atoms with van der Waals surface area (Å²) >= 11 is 0. The Bertz CT molecular complexity index is 480. The second kappa shape index (κ2) is 20.2. The number of carbonyl (C=O) groups excluding carboxylic acids is 2. The molecule has 0 aliphatic rings. The molecule has 31 heavy (non-hydrogen) atoms. The van der Waals surface area contributed by atoms with Crippen LogP contribution in [0.1, 0.15) is 103 Å². The van der Waals surface area contributed by atoms with Gasteiger partial charge < -0.3 is 24.8 Å². The van der Waals surface area contributed by atoms with Gasteiger partial charge in [-0.15, -0.1) is 0 Å². The SMILES string of the molecule is CCCCCCCCCCCCCCCC(=O)OC(CC(=O)O)C(=O)OCC(O)CO. The molecule has 0 saturated heterocycles. The Morgan fingerprint density at radius 3 is 1.74 bits per heavy atom. The minimum absolute atomic E-state index is 0.112. The molecule has 0 bridgehead atoms. The Morgan fingerprint density at radius 1 is 0.806 bits per heavy atom. The van der Waals surface area contributed by atoms with Gasteiger partial charge in [-0.2, -0.15) is 0 Å².